The minimum atomic E-state index is -2.13. The molecule has 2 heterocycles. The monoisotopic (exact) mass is 626 g/mol. The summed E-state index contributed by atoms with van der Waals surface area (Å²) in [6.07, 6.45) is 3.27. The summed E-state index contributed by atoms with van der Waals surface area (Å²) in [4.78, 5) is 8.54. The molecule has 0 atom stereocenters. The molecule has 0 spiro atoms. The van der Waals surface area contributed by atoms with Crippen LogP contribution in [0.1, 0.15) is 26.3 Å². The van der Waals surface area contributed by atoms with E-state index in [1.54, 1.807) is 24.4 Å². The second kappa shape index (κ2) is 12.2. The van der Waals surface area contributed by atoms with Crippen LogP contribution in [0, 0.1) is 32.7 Å². The van der Waals surface area contributed by atoms with Crippen molar-refractivity contribution in [1.29, 1.82) is 0 Å². The van der Waals surface area contributed by atoms with Crippen LogP contribution in [0.15, 0.2) is 103 Å². The Morgan fingerprint density at radius 1 is 0.676 bits per heavy atom. The Morgan fingerprint density at radius 2 is 1.47 bits per heavy atom. The summed E-state index contributed by atoms with van der Waals surface area (Å²) in [7, 11) is 0. The molecule has 0 amide bonds. The molecule has 34 heavy (non-hydrogen) atoms. The fourth-order valence-corrected chi connectivity index (χ4v) is 3.13. The van der Waals surface area contributed by atoms with Crippen molar-refractivity contribution in [3.63, 3.8) is 0 Å². The van der Waals surface area contributed by atoms with E-state index in [4.69, 9.17) is 9.60 Å². The third-order valence-corrected chi connectivity index (χ3v) is 4.86. The molecule has 3 aromatic carbocycles. The number of benzene rings is 3. The Hall–Kier alpha value is -3.39. The Balaban J connectivity index is 0.000000221. The van der Waals surface area contributed by atoms with Gasteiger partial charge < -0.3 is 9.97 Å². The Kier molecular flexibility index (Phi) is 6.13. The summed E-state index contributed by atoms with van der Waals surface area (Å²) in [6.45, 7) is -4.12. The molecule has 0 aliphatic heterocycles. The maximum Gasteiger partial charge on any atom is 0.0280 e. The van der Waals surface area contributed by atoms with Crippen LogP contribution in [0.4, 0.5) is 0 Å². The van der Waals surface area contributed by atoms with Crippen molar-refractivity contribution in [2.24, 2.45) is 0 Å². The third kappa shape index (κ3) is 6.81. The van der Waals surface area contributed by atoms with E-state index in [1.807, 2.05) is 60.7 Å². The number of aryl methyl sites for hydroxylation is 3. The minimum absolute atomic E-state index is 0. The van der Waals surface area contributed by atoms with Gasteiger partial charge in [0.05, 0.1) is 0 Å². The fraction of sp³-hybridized carbons (Fsp3) is 0.0968. The van der Waals surface area contributed by atoms with Crippen LogP contribution >= 0.6 is 0 Å². The molecule has 0 fully saturated rings. The molecule has 2 nitrogen and oxygen atoms in total. The molecule has 0 bridgehead atoms. The van der Waals surface area contributed by atoms with E-state index in [-0.39, 0.29) is 25.7 Å². The number of pyridine rings is 2. The quantitative estimate of drug-likeness (QED) is 0.192. The summed E-state index contributed by atoms with van der Waals surface area (Å²) in [5, 5.41) is 0. The van der Waals surface area contributed by atoms with Gasteiger partial charge in [-0.1, -0.05) is 54.9 Å². The van der Waals surface area contributed by atoms with Crippen LogP contribution in [0.2, 0.25) is 0 Å². The molecule has 171 valence electrons. The first kappa shape index (κ1) is 17.1. The van der Waals surface area contributed by atoms with E-state index < -0.39 is 20.6 Å². The Morgan fingerprint density at radius 3 is 2.12 bits per heavy atom. The first-order valence-corrected chi connectivity index (χ1v) is 10.3. The summed E-state index contributed by atoms with van der Waals surface area (Å²) < 4.78 is 51.1. The van der Waals surface area contributed by atoms with Gasteiger partial charge in [0.15, 0.2) is 0 Å². The first-order chi connectivity index (χ1) is 19.1. The fourth-order valence-electron chi connectivity index (χ4n) is 3.13. The summed E-state index contributed by atoms with van der Waals surface area (Å²) in [5.41, 5.74) is 6.75. The van der Waals surface area contributed by atoms with Crippen molar-refractivity contribution >= 4 is 0 Å². The molecule has 5 aromatic rings. The number of hydrogen-bond donors (Lipinski definition) is 0. The predicted octanol–water partition coefficient (Wildman–Crippen LogP) is 7.69. The Labute approximate surface area is 226 Å². The predicted molar refractivity (Wildman–Crippen MR) is 137 cm³/mol. The molecular weight excluding hydrogens is 593 g/mol. The largest absolute Gasteiger partial charge is 0.305 e. The van der Waals surface area contributed by atoms with E-state index in [0.29, 0.717) is 22.4 Å². The van der Waals surface area contributed by atoms with E-state index in [2.05, 4.69) is 22.1 Å². The molecule has 0 N–H and O–H groups in total. The molecule has 0 unspecified atom stereocenters. The maximum atomic E-state index is 7.39. The van der Waals surface area contributed by atoms with Crippen LogP contribution in [0.5, 0.6) is 0 Å². The zero-order valence-electron chi connectivity index (χ0n) is 25.2. The summed E-state index contributed by atoms with van der Waals surface area (Å²) in [5.74, 6) is 0. The van der Waals surface area contributed by atoms with Crippen molar-refractivity contribution in [3.05, 3.63) is 132 Å². The molecule has 2 aromatic heterocycles. The van der Waals surface area contributed by atoms with E-state index in [9.17, 15) is 0 Å². The maximum absolute atomic E-state index is 7.39. The van der Waals surface area contributed by atoms with E-state index in [0.717, 1.165) is 22.4 Å². The van der Waals surface area contributed by atoms with Gasteiger partial charge in [-0.15, -0.1) is 71.3 Å². The van der Waals surface area contributed by atoms with Gasteiger partial charge in [0.1, 0.15) is 0 Å². The standard InChI is InChI=1S/C18H14N.C13H12N.Ir/c1-14-7-9-15(10-8-14)17-11-12-19-18(13-17)16-5-3-2-4-6-16;1-10-3-6-12(7-4-10)13-8-5-11(2)9-14-13;/h2-5,7-13H,1H3;3-6,8-9H,1-2H3;/q2*-1;/i1D2;1D3,2D2;. The average molecular weight is 626 g/mol. The topological polar surface area (TPSA) is 25.8 Å². The van der Waals surface area contributed by atoms with Crippen molar-refractivity contribution in [2.75, 3.05) is 0 Å². The smallest absolute Gasteiger partial charge is 0.0280 e. The molecular formula is C31H26IrN2-2. The van der Waals surface area contributed by atoms with Gasteiger partial charge in [0, 0.05) is 42.1 Å². The SMILES string of the molecule is [2H]C([2H])c1ccc(-c2[c-]cc(C([2H])([2H])[2H])cc2)nc1.[2H]C([2H])c1ccc(-c2ccnc(-c3[c-]cccc3)c2)cc1.[Ir]. The molecule has 0 saturated heterocycles. The van der Waals surface area contributed by atoms with Crippen molar-refractivity contribution in [3.8, 4) is 33.6 Å². The Bertz CT molecular complexity index is 1510. The number of rotatable bonds is 3. The van der Waals surface area contributed by atoms with Crippen LogP contribution in [0.25, 0.3) is 33.6 Å². The van der Waals surface area contributed by atoms with Gasteiger partial charge in [-0.25, -0.2) is 0 Å². The van der Waals surface area contributed by atoms with Crippen LogP contribution < -0.4 is 0 Å². The average Bonchev–Trinajstić information content (AvgIpc) is 2.98. The van der Waals surface area contributed by atoms with Gasteiger partial charge in [0.2, 0.25) is 0 Å². The number of hydrogen-bond acceptors (Lipinski definition) is 2. The van der Waals surface area contributed by atoms with Crippen molar-refractivity contribution in [1.82, 2.24) is 9.97 Å². The molecule has 0 aliphatic carbocycles. The molecule has 1 radical (unpaired) electrons. The molecule has 3 heteroatoms. The summed E-state index contributed by atoms with van der Waals surface area (Å²) >= 11 is 0. The van der Waals surface area contributed by atoms with Gasteiger partial charge in [-0.2, -0.15) is 0 Å². The van der Waals surface area contributed by atoms with E-state index in [1.165, 1.54) is 18.3 Å². The van der Waals surface area contributed by atoms with Crippen molar-refractivity contribution in [2.45, 2.75) is 20.6 Å². The zero-order valence-corrected chi connectivity index (χ0v) is 20.6. The van der Waals surface area contributed by atoms with Gasteiger partial charge in [0.25, 0.3) is 0 Å². The van der Waals surface area contributed by atoms with Gasteiger partial charge in [-0.05, 0) is 47.9 Å². The van der Waals surface area contributed by atoms with Gasteiger partial charge >= 0.3 is 0 Å². The number of aromatic nitrogens is 2. The molecule has 0 aliphatic rings. The first-order valence-electron chi connectivity index (χ1n) is 14.1. The van der Waals surface area contributed by atoms with Crippen LogP contribution in [-0.4, -0.2) is 9.97 Å². The van der Waals surface area contributed by atoms with Crippen LogP contribution in [0.3, 0.4) is 0 Å². The molecule has 5 rings (SSSR count). The van der Waals surface area contributed by atoms with Gasteiger partial charge in [-0.3, -0.25) is 0 Å². The normalized spacial score (nSPS) is 13.5. The summed E-state index contributed by atoms with van der Waals surface area (Å²) in [6, 6.07) is 33.4. The van der Waals surface area contributed by atoms with Crippen LogP contribution in [-0.2, 0) is 20.1 Å². The van der Waals surface area contributed by atoms with E-state index >= 15 is 0 Å². The second-order valence-electron chi connectivity index (χ2n) is 7.30. The third-order valence-electron chi connectivity index (χ3n) is 4.86. The number of nitrogens with zero attached hydrogens (tertiary/aromatic N) is 2. The minimum Gasteiger partial charge on any atom is -0.305 e. The second-order valence-corrected chi connectivity index (χ2v) is 7.30. The zero-order chi connectivity index (χ0) is 28.7. The molecule has 0 saturated carbocycles. The van der Waals surface area contributed by atoms with Crippen molar-refractivity contribution < 1.29 is 29.7 Å².